The van der Waals surface area contributed by atoms with E-state index in [9.17, 15) is 4.79 Å². The monoisotopic (exact) mass is 236 g/mol. The maximum Gasteiger partial charge on any atom is 0.224 e. The molecule has 2 unspecified atom stereocenters. The maximum absolute atomic E-state index is 11.9. The highest BCUT2D eigenvalue weighted by Gasteiger charge is 2.38. The van der Waals surface area contributed by atoms with Crippen molar-refractivity contribution < 1.29 is 4.79 Å². The summed E-state index contributed by atoms with van der Waals surface area (Å²) in [6.45, 7) is 5.72. The number of nitrogens with zero attached hydrogens (tertiary/aromatic N) is 3. The van der Waals surface area contributed by atoms with E-state index in [0.717, 1.165) is 25.1 Å². The van der Waals surface area contributed by atoms with E-state index in [-0.39, 0.29) is 18.0 Å². The van der Waals surface area contributed by atoms with Crippen molar-refractivity contribution >= 4 is 5.91 Å². The fourth-order valence-electron chi connectivity index (χ4n) is 2.45. The smallest absolute Gasteiger partial charge is 0.224 e. The van der Waals surface area contributed by atoms with Crippen LogP contribution in [0.15, 0.2) is 12.4 Å². The van der Waals surface area contributed by atoms with Crippen molar-refractivity contribution in [3.8, 4) is 0 Å². The topological polar surface area (TPSA) is 64.2 Å². The second kappa shape index (κ2) is 4.87. The molecule has 2 atom stereocenters. The highest BCUT2D eigenvalue weighted by Crippen LogP contribution is 2.31. The van der Waals surface area contributed by atoms with Gasteiger partial charge in [0.05, 0.1) is 12.2 Å². The van der Waals surface area contributed by atoms with Crippen molar-refractivity contribution in [2.75, 3.05) is 6.54 Å². The minimum Gasteiger partial charge on any atom is -0.334 e. The van der Waals surface area contributed by atoms with Crippen LogP contribution in [0.2, 0.25) is 0 Å². The molecular weight excluding hydrogens is 216 g/mol. The Morgan fingerprint density at radius 1 is 1.53 bits per heavy atom. The summed E-state index contributed by atoms with van der Waals surface area (Å²) in [6.07, 6.45) is 5.22. The average molecular weight is 236 g/mol. The largest absolute Gasteiger partial charge is 0.334 e. The summed E-state index contributed by atoms with van der Waals surface area (Å²) in [5.41, 5.74) is 7.13. The molecule has 1 aromatic heterocycles. The Labute approximate surface area is 102 Å². The molecule has 0 aliphatic carbocycles. The number of likely N-dealkylation sites (tertiary alicyclic amines) is 1. The quantitative estimate of drug-likeness (QED) is 0.845. The fraction of sp³-hybridized carbons (Fsp3) is 0.667. The second-order valence-electron chi connectivity index (χ2n) is 4.53. The standard InChI is InChI=1S/C12H20N4O/c1-3-5-16-11(17)6-10(13)12(16)9-7-14-15(4-2)8-9/h7-8,10,12H,3-6,13H2,1-2H3. The molecule has 94 valence electrons. The lowest BCUT2D eigenvalue weighted by Gasteiger charge is -2.25. The molecule has 0 spiro atoms. The first-order valence-electron chi connectivity index (χ1n) is 6.24. The molecule has 2 N–H and O–H groups in total. The van der Waals surface area contributed by atoms with E-state index in [1.807, 2.05) is 28.9 Å². The summed E-state index contributed by atoms with van der Waals surface area (Å²) in [7, 11) is 0. The van der Waals surface area contributed by atoms with Crippen LogP contribution >= 0.6 is 0 Å². The van der Waals surface area contributed by atoms with Gasteiger partial charge in [-0.2, -0.15) is 5.10 Å². The highest BCUT2D eigenvalue weighted by atomic mass is 16.2. The predicted octanol–water partition coefficient (Wildman–Crippen LogP) is 0.914. The third-order valence-electron chi connectivity index (χ3n) is 3.26. The molecule has 1 aliphatic heterocycles. The first-order valence-corrected chi connectivity index (χ1v) is 6.24. The van der Waals surface area contributed by atoms with Gasteiger partial charge in [0.2, 0.25) is 5.91 Å². The zero-order chi connectivity index (χ0) is 12.4. The molecule has 17 heavy (non-hydrogen) atoms. The van der Waals surface area contributed by atoms with E-state index in [0.29, 0.717) is 6.42 Å². The molecule has 1 amide bonds. The lowest BCUT2D eigenvalue weighted by molar-refractivity contribution is -0.129. The van der Waals surface area contributed by atoms with Crippen molar-refractivity contribution in [3.63, 3.8) is 0 Å². The van der Waals surface area contributed by atoms with Crippen LogP contribution in [0, 0.1) is 0 Å². The van der Waals surface area contributed by atoms with Crippen LogP contribution in [-0.4, -0.2) is 33.2 Å². The number of carbonyl (C=O) groups excluding carboxylic acids is 1. The van der Waals surface area contributed by atoms with Crippen LogP contribution in [0.5, 0.6) is 0 Å². The van der Waals surface area contributed by atoms with Crippen LogP contribution in [0.4, 0.5) is 0 Å². The Hall–Kier alpha value is -1.36. The van der Waals surface area contributed by atoms with Crippen LogP contribution in [0.25, 0.3) is 0 Å². The Morgan fingerprint density at radius 3 is 2.88 bits per heavy atom. The molecule has 1 aromatic rings. The van der Waals surface area contributed by atoms with Crippen LogP contribution in [0.1, 0.15) is 38.3 Å². The number of aromatic nitrogens is 2. The third kappa shape index (κ3) is 2.20. The van der Waals surface area contributed by atoms with Gasteiger partial charge >= 0.3 is 0 Å². The molecular formula is C12H20N4O. The van der Waals surface area contributed by atoms with E-state index in [1.54, 1.807) is 0 Å². The molecule has 2 heterocycles. The van der Waals surface area contributed by atoms with Crippen molar-refractivity contribution in [3.05, 3.63) is 18.0 Å². The van der Waals surface area contributed by atoms with Crippen molar-refractivity contribution in [2.45, 2.75) is 45.3 Å². The number of nitrogens with two attached hydrogens (primary N) is 1. The van der Waals surface area contributed by atoms with Gasteiger partial charge in [0.1, 0.15) is 0 Å². The Balaban J connectivity index is 2.24. The number of aryl methyl sites for hydroxylation is 1. The van der Waals surface area contributed by atoms with Crippen LogP contribution in [0.3, 0.4) is 0 Å². The second-order valence-corrected chi connectivity index (χ2v) is 4.53. The number of hydrogen-bond acceptors (Lipinski definition) is 3. The van der Waals surface area contributed by atoms with Gasteiger partial charge in [-0.05, 0) is 13.3 Å². The minimum atomic E-state index is -0.108. The van der Waals surface area contributed by atoms with E-state index in [4.69, 9.17) is 5.73 Å². The normalized spacial score (nSPS) is 24.6. The summed E-state index contributed by atoms with van der Waals surface area (Å²) in [4.78, 5) is 13.7. The summed E-state index contributed by atoms with van der Waals surface area (Å²) in [5.74, 6) is 0.161. The lowest BCUT2D eigenvalue weighted by Crippen LogP contribution is -2.33. The van der Waals surface area contributed by atoms with Gasteiger partial charge in [-0.1, -0.05) is 6.92 Å². The Kier molecular flexibility index (Phi) is 3.47. The van der Waals surface area contributed by atoms with Gasteiger partial charge in [0.15, 0.2) is 0 Å². The number of carbonyl (C=O) groups is 1. The third-order valence-corrected chi connectivity index (χ3v) is 3.26. The van der Waals surface area contributed by atoms with E-state index < -0.39 is 0 Å². The summed E-state index contributed by atoms with van der Waals surface area (Å²) >= 11 is 0. The SMILES string of the molecule is CCCN1C(=O)CC(N)C1c1cnn(CC)c1. The average Bonchev–Trinajstić information content (AvgIpc) is 2.85. The lowest BCUT2D eigenvalue weighted by atomic mass is 10.0. The number of hydrogen-bond donors (Lipinski definition) is 1. The van der Waals surface area contributed by atoms with Gasteiger partial charge in [-0.15, -0.1) is 0 Å². The maximum atomic E-state index is 11.9. The Morgan fingerprint density at radius 2 is 2.29 bits per heavy atom. The van der Waals surface area contributed by atoms with Gasteiger partial charge < -0.3 is 10.6 Å². The van der Waals surface area contributed by atoms with Crippen molar-refractivity contribution in [2.24, 2.45) is 5.73 Å². The molecule has 2 rings (SSSR count). The Bertz CT molecular complexity index is 401. The first-order chi connectivity index (χ1) is 8.17. The molecule has 0 radical (unpaired) electrons. The van der Waals surface area contributed by atoms with Gasteiger partial charge in [-0.25, -0.2) is 0 Å². The fourth-order valence-corrected chi connectivity index (χ4v) is 2.45. The predicted molar refractivity (Wildman–Crippen MR) is 65.2 cm³/mol. The summed E-state index contributed by atoms with van der Waals surface area (Å²) in [5, 5.41) is 4.26. The van der Waals surface area contributed by atoms with E-state index >= 15 is 0 Å². The molecule has 1 fully saturated rings. The van der Waals surface area contributed by atoms with E-state index in [2.05, 4.69) is 12.0 Å². The molecule has 0 aromatic carbocycles. The minimum absolute atomic E-state index is 0.00255. The first kappa shape index (κ1) is 12.1. The van der Waals surface area contributed by atoms with Gasteiger partial charge in [0.25, 0.3) is 0 Å². The molecule has 5 nitrogen and oxygen atoms in total. The summed E-state index contributed by atoms with van der Waals surface area (Å²) < 4.78 is 1.87. The van der Waals surface area contributed by atoms with Crippen LogP contribution in [-0.2, 0) is 11.3 Å². The van der Waals surface area contributed by atoms with Gasteiger partial charge in [0, 0.05) is 37.3 Å². The molecule has 1 saturated heterocycles. The zero-order valence-electron chi connectivity index (χ0n) is 10.5. The van der Waals surface area contributed by atoms with Crippen LogP contribution < -0.4 is 5.73 Å². The number of rotatable bonds is 4. The highest BCUT2D eigenvalue weighted by molar-refractivity contribution is 5.80. The van der Waals surface area contributed by atoms with Crippen molar-refractivity contribution in [1.82, 2.24) is 14.7 Å². The zero-order valence-corrected chi connectivity index (χ0v) is 10.5. The van der Waals surface area contributed by atoms with Crippen molar-refractivity contribution in [1.29, 1.82) is 0 Å². The molecule has 0 bridgehead atoms. The summed E-state index contributed by atoms with van der Waals surface area (Å²) in [6, 6.07) is -0.105. The molecule has 5 heteroatoms. The van der Waals surface area contributed by atoms with E-state index in [1.165, 1.54) is 0 Å². The number of amides is 1. The molecule has 1 aliphatic rings. The molecule has 0 saturated carbocycles. The van der Waals surface area contributed by atoms with Gasteiger partial charge in [-0.3, -0.25) is 9.48 Å².